The summed E-state index contributed by atoms with van der Waals surface area (Å²) in [5.74, 6) is 4.67. The van der Waals surface area contributed by atoms with Crippen molar-refractivity contribution in [2.75, 3.05) is 32.2 Å². The molecular formula is C18H28O4S2. The smallest absolute Gasteiger partial charge is 0.176 e. The number of hydrogen-bond donors (Lipinski definition) is 0. The summed E-state index contributed by atoms with van der Waals surface area (Å²) >= 11 is 3.54. The van der Waals surface area contributed by atoms with Crippen LogP contribution in [0.5, 0.6) is 11.5 Å². The molecule has 0 saturated carbocycles. The van der Waals surface area contributed by atoms with Gasteiger partial charge in [0.15, 0.2) is 17.3 Å². The summed E-state index contributed by atoms with van der Waals surface area (Å²) < 4.78 is 23.4. The van der Waals surface area contributed by atoms with Crippen molar-refractivity contribution in [1.29, 1.82) is 0 Å². The van der Waals surface area contributed by atoms with E-state index in [-0.39, 0.29) is 5.25 Å². The van der Waals surface area contributed by atoms with E-state index >= 15 is 0 Å². The Morgan fingerprint density at radius 2 is 1.54 bits per heavy atom. The molecule has 24 heavy (non-hydrogen) atoms. The largest absolute Gasteiger partial charge is 0.493 e. The van der Waals surface area contributed by atoms with Crippen molar-refractivity contribution in [2.24, 2.45) is 0 Å². The molecule has 3 aliphatic rings. The number of thiophene rings is 1. The van der Waals surface area contributed by atoms with Crippen molar-refractivity contribution >= 4 is 23.1 Å². The van der Waals surface area contributed by atoms with Gasteiger partial charge in [0.25, 0.3) is 0 Å². The summed E-state index contributed by atoms with van der Waals surface area (Å²) in [5, 5.41) is 2.24. The second kappa shape index (κ2) is 10.1. The Morgan fingerprint density at radius 1 is 0.875 bits per heavy atom. The second-order valence-electron chi connectivity index (χ2n) is 4.87. The Hall–Kier alpha value is -1.01. The fourth-order valence-corrected chi connectivity index (χ4v) is 4.97. The molecule has 136 valence electrons. The minimum Gasteiger partial charge on any atom is -0.493 e. The van der Waals surface area contributed by atoms with Crippen LogP contribution >= 0.6 is 23.1 Å². The molecule has 0 aliphatic carbocycles. The maximum Gasteiger partial charge on any atom is 0.176 e. The molecule has 0 bridgehead atoms. The predicted octanol–water partition coefficient (Wildman–Crippen LogP) is 5.40. The Morgan fingerprint density at radius 3 is 2.33 bits per heavy atom. The van der Waals surface area contributed by atoms with E-state index in [4.69, 9.17) is 18.9 Å². The maximum atomic E-state index is 5.93. The predicted molar refractivity (Wildman–Crippen MR) is 101 cm³/mol. The van der Waals surface area contributed by atoms with Crippen LogP contribution in [0.15, 0.2) is 16.9 Å². The van der Waals surface area contributed by atoms with Crippen LogP contribution in [0.2, 0.25) is 0 Å². The first-order valence-corrected chi connectivity index (χ1v) is 10.8. The first-order chi connectivity index (χ1) is 11.9. The molecule has 3 aliphatic heterocycles. The summed E-state index contributed by atoms with van der Waals surface area (Å²) in [6.45, 7) is 10.9. The molecule has 0 amide bonds. The van der Waals surface area contributed by atoms with Crippen molar-refractivity contribution in [3.8, 4) is 11.5 Å². The first-order valence-electron chi connectivity index (χ1n) is 8.90. The molecule has 0 N–H and O–H groups in total. The quantitative estimate of drug-likeness (QED) is 0.660. The highest BCUT2D eigenvalue weighted by atomic mass is 32.2. The Kier molecular flexibility index (Phi) is 8.12. The molecule has 6 heteroatoms. The standard InChI is InChI=1S/C14H16O4S2.2C2H6/c1-3-15-9-7-19-13(11(9)17-5-1)14-12-10(8-20-14)16-4-2-6-18-12;2*1-2/h7,14H,1-6,8H2;2*1-2H3. The molecule has 0 radical (unpaired) electrons. The summed E-state index contributed by atoms with van der Waals surface area (Å²) in [6.07, 6.45) is 1.89. The van der Waals surface area contributed by atoms with Crippen LogP contribution in [-0.2, 0) is 9.47 Å². The fraction of sp³-hybridized carbons (Fsp3) is 0.667. The van der Waals surface area contributed by atoms with E-state index in [1.54, 1.807) is 11.3 Å². The topological polar surface area (TPSA) is 36.9 Å². The van der Waals surface area contributed by atoms with Crippen LogP contribution in [-0.4, -0.2) is 32.2 Å². The van der Waals surface area contributed by atoms with Crippen LogP contribution in [0.3, 0.4) is 0 Å². The molecule has 1 aromatic rings. The molecule has 0 saturated heterocycles. The number of rotatable bonds is 1. The molecule has 4 nitrogen and oxygen atoms in total. The van der Waals surface area contributed by atoms with Gasteiger partial charge in [-0.3, -0.25) is 0 Å². The van der Waals surface area contributed by atoms with E-state index in [1.165, 1.54) is 4.88 Å². The SMILES string of the molecule is CC.CC.c1sc(C2SCC3=C2OCCCO3)c2c1OCCCO2. The van der Waals surface area contributed by atoms with Gasteiger partial charge in [-0.25, -0.2) is 0 Å². The molecule has 0 spiro atoms. The molecule has 0 aromatic carbocycles. The number of ether oxygens (including phenoxy) is 4. The highest BCUT2D eigenvalue weighted by molar-refractivity contribution is 8.00. The van der Waals surface area contributed by atoms with Gasteiger partial charge >= 0.3 is 0 Å². The molecule has 1 unspecified atom stereocenters. The Labute approximate surface area is 153 Å². The van der Waals surface area contributed by atoms with Gasteiger partial charge in [0, 0.05) is 18.2 Å². The zero-order valence-electron chi connectivity index (χ0n) is 15.1. The van der Waals surface area contributed by atoms with Crippen molar-refractivity contribution in [2.45, 2.75) is 45.8 Å². The van der Waals surface area contributed by atoms with E-state index in [2.05, 4.69) is 0 Å². The molecule has 1 atom stereocenters. The van der Waals surface area contributed by atoms with Gasteiger partial charge in [0.1, 0.15) is 11.0 Å². The van der Waals surface area contributed by atoms with E-state index < -0.39 is 0 Å². The zero-order valence-corrected chi connectivity index (χ0v) is 16.7. The van der Waals surface area contributed by atoms with Crippen molar-refractivity contribution in [1.82, 2.24) is 0 Å². The van der Waals surface area contributed by atoms with Crippen LogP contribution in [0, 0.1) is 0 Å². The van der Waals surface area contributed by atoms with E-state index in [1.807, 2.05) is 44.8 Å². The van der Waals surface area contributed by atoms with Gasteiger partial charge in [0.2, 0.25) is 0 Å². The van der Waals surface area contributed by atoms with Gasteiger partial charge in [0.05, 0.1) is 37.1 Å². The maximum absolute atomic E-state index is 5.93. The van der Waals surface area contributed by atoms with Gasteiger partial charge in [-0.1, -0.05) is 27.7 Å². The van der Waals surface area contributed by atoms with Gasteiger partial charge in [-0.2, -0.15) is 0 Å². The van der Waals surface area contributed by atoms with Crippen LogP contribution in [0.25, 0.3) is 0 Å². The van der Waals surface area contributed by atoms with Crippen LogP contribution in [0.4, 0.5) is 0 Å². The minimum atomic E-state index is 0.193. The molecule has 4 rings (SSSR count). The van der Waals surface area contributed by atoms with Gasteiger partial charge < -0.3 is 18.9 Å². The summed E-state index contributed by atoms with van der Waals surface area (Å²) in [6, 6.07) is 0. The monoisotopic (exact) mass is 372 g/mol. The fourth-order valence-electron chi connectivity index (χ4n) is 2.54. The Bertz CT molecular complexity index is 539. The summed E-state index contributed by atoms with van der Waals surface area (Å²) in [7, 11) is 0. The van der Waals surface area contributed by atoms with Crippen molar-refractivity contribution < 1.29 is 18.9 Å². The van der Waals surface area contributed by atoms with Crippen LogP contribution < -0.4 is 9.47 Å². The summed E-state index contributed by atoms with van der Waals surface area (Å²) in [5.41, 5.74) is 0. The van der Waals surface area contributed by atoms with Crippen molar-refractivity contribution in [3.05, 3.63) is 21.8 Å². The van der Waals surface area contributed by atoms with Gasteiger partial charge in [-0.15, -0.1) is 23.1 Å². The molecular weight excluding hydrogens is 344 g/mol. The third-order valence-corrected chi connectivity index (χ3v) is 5.86. The van der Waals surface area contributed by atoms with Gasteiger partial charge in [-0.05, 0) is 0 Å². The number of hydrogen-bond acceptors (Lipinski definition) is 6. The lowest BCUT2D eigenvalue weighted by Gasteiger charge is -2.14. The van der Waals surface area contributed by atoms with E-state index in [0.29, 0.717) is 0 Å². The first kappa shape index (κ1) is 19.3. The lowest BCUT2D eigenvalue weighted by Crippen LogP contribution is -2.02. The van der Waals surface area contributed by atoms with Crippen molar-refractivity contribution in [3.63, 3.8) is 0 Å². The van der Waals surface area contributed by atoms with E-state index in [9.17, 15) is 0 Å². The summed E-state index contributed by atoms with van der Waals surface area (Å²) in [4.78, 5) is 1.20. The number of thioether (sulfide) groups is 1. The minimum absolute atomic E-state index is 0.193. The van der Waals surface area contributed by atoms with E-state index in [0.717, 1.165) is 68.0 Å². The highest BCUT2D eigenvalue weighted by Crippen LogP contribution is 2.53. The third kappa shape index (κ3) is 4.14. The number of fused-ring (bicyclic) bond motifs is 1. The molecule has 4 heterocycles. The third-order valence-electron chi connectivity index (χ3n) is 3.49. The second-order valence-corrected chi connectivity index (χ2v) is 6.88. The van der Waals surface area contributed by atoms with Crippen LogP contribution in [0.1, 0.15) is 50.7 Å². The zero-order chi connectivity index (χ0) is 17.4. The normalized spacial score (nSPS) is 21.6. The Balaban J connectivity index is 0.000000487. The molecule has 0 fully saturated rings. The highest BCUT2D eigenvalue weighted by Gasteiger charge is 2.36. The lowest BCUT2D eigenvalue weighted by atomic mass is 10.2. The molecule has 1 aromatic heterocycles. The average molecular weight is 373 g/mol. The lowest BCUT2D eigenvalue weighted by molar-refractivity contribution is 0.204. The average Bonchev–Trinajstić information content (AvgIpc) is 3.03.